The Morgan fingerprint density at radius 2 is 1.68 bits per heavy atom. The second kappa shape index (κ2) is 7.31. The first-order valence-corrected chi connectivity index (χ1v) is 9.95. The quantitative estimate of drug-likeness (QED) is 0.636. The number of urea groups is 1. The van der Waals surface area contributed by atoms with E-state index >= 15 is 0 Å². The molecule has 1 fully saturated rings. The number of nitriles is 1. The summed E-state index contributed by atoms with van der Waals surface area (Å²) in [5.74, 6) is -0.410. The number of anilines is 3. The molecule has 0 bridgehead atoms. The van der Waals surface area contributed by atoms with Gasteiger partial charge in [-0.3, -0.25) is 4.79 Å². The minimum absolute atomic E-state index is 0.410. The van der Waals surface area contributed by atoms with Crippen molar-refractivity contribution in [3.63, 3.8) is 0 Å². The Morgan fingerprint density at radius 3 is 2.39 bits per heavy atom. The molecule has 1 saturated heterocycles. The van der Waals surface area contributed by atoms with Crippen LogP contribution in [-0.4, -0.2) is 18.1 Å². The van der Waals surface area contributed by atoms with Crippen LogP contribution < -0.4 is 15.1 Å². The smallest absolute Gasteiger partial charge is 0.316 e. The maximum Gasteiger partial charge on any atom is 0.330 e. The monoisotopic (exact) mass is 426 g/mol. The van der Waals surface area contributed by atoms with Crippen LogP contribution in [0.15, 0.2) is 78.4 Å². The molecule has 1 N–H and O–H groups in total. The summed E-state index contributed by atoms with van der Waals surface area (Å²) in [6, 6.07) is 22.9. The van der Waals surface area contributed by atoms with E-state index in [9.17, 15) is 14.9 Å². The standard InChI is InChI=1S/C24H15ClN4O2/c25-17-8-10-19(11-9-17)29-23(30)20-13-16-7-6-15(14-26)12-21(16)28(22(20)27-24(29)31)18-4-2-1-3-5-18/h1-13,22H,(H,27,31). The summed E-state index contributed by atoms with van der Waals surface area (Å²) in [7, 11) is 0. The van der Waals surface area contributed by atoms with Crippen molar-refractivity contribution in [1.82, 2.24) is 5.32 Å². The number of benzene rings is 3. The molecule has 3 amide bonds. The lowest BCUT2D eigenvalue weighted by Crippen LogP contribution is -2.62. The lowest BCUT2D eigenvalue weighted by Gasteiger charge is -2.43. The molecule has 150 valence electrons. The highest BCUT2D eigenvalue weighted by molar-refractivity contribution is 6.31. The van der Waals surface area contributed by atoms with E-state index in [4.69, 9.17) is 11.6 Å². The molecule has 2 heterocycles. The molecule has 1 atom stereocenters. The summed E-state index contributed by atoms with van der Waals surface area (Å²) in [6.07, 6.45) is 1.07. The largest absolute Gasteiger partial charge is 0.330 e. The molecule has 0 saturated carbocycles. The van der Waals surface area contributed by atoms with E-state index in [-0.39, 0.29) is 0 Å². The van der Waals surface area contributed by atoms with Gasteiger partial charge in [0.05, 0.1) is 28.6 Å². The van der Waals surface area contributed by atoms with Crippen LogP contribution in [0, 0.1) is 11.3 Å². The molecular formula is C24H15ClN4O2. The number of rotatable bonds is 2. The second-order valence-electron chi connectivity index (χ2n) is 7.16. The second-order valence-corrected chi connectivity index (χ2v) is 7.60. The van der Waals surface area contributed by atoms with Crippen molar-refractivity contribution in [2.75, 3.05) is 9.80 Å². The number of fused-ring (bicyclic) bond motifs is 2. The fourth-order valence-corrected chi connectivity index (χ4v) is 4.02. The van der Waals surface area contributed by atoms with Gasteiger partial charge in [-0.2, -0.15) is 5.26 Å². The fraction of sp³-hybridized carbons (Fsp3) is 0.0417. The van der Waals surface area contributed by atoms with Gasteiger partial charge in [-0.1, -0.05) is 35.9 Å². The van der Waals surface area contributed by atoms with Gasteiger partial charge in [-0.15, -0.1) is 0 Å². The van der Waals surface area contributed by atoms with Crippen LogP contribution in [0.3, 0.4) is 0 Å². The number of carbonyl (C=O) groups excluding carboxylic acids is 2. The van der Waals surface area contributed by atoms with Crippen LogP contribution in [0.1, 0.15) is 11.1 Å². The summed E-state index contributed by atoms with van der Waals surface area (Å²) < 4.78 is 0. The molecule has 2 aliphatic heterocycles. The third kappa shape index (κ3) is 3.12. The third-order valence-corrected chi connectivity index (χ3v) is 5.57. The first kappa shape index (κ1) is 18.9. The summed E-state index contributed by atoms with van der Waals surface area (Å²) in [6.45, 7) is 0. The van der Waals surface area contributed by atoms with Crippen molar-refractivity contribution in [3.8, 4) is 6.07 Å². The van der Waals surface area contributed by atoms with E-state index in [1.54, 1.807) is 42.5 Å². The first-order valence-electron chi connectivity index (χ1n) is 9.57. The van der Waals surface area contributed by atoms with Gasteiger partial charge in [-0.05, 0) is 60.2 Å². The van der Waals surface area contributed by atoms with Crippen LogP contribution in [-0.2, 0) is 4.79 Å². The van der Waals surface area contributed by atoms with Crippen LogP contribution in [0.5, 0.6) is 0 Å². The molecule has 1 unspecified atom stereocenters. The topological polar surface area (TPSA) is 76.4 Å². The zero-order chi connectivity index (χ0) is 21.5. The Balaban J connectivity index is 1.66. The van der Waals surface area contributed by atoms with E-state index < -0.39 is 18.1 Å². The molecule has 0 aliphatic carbocycles. The number of hydrogen-bond donors (Lipinski definition) is 1. The maximum atomic E-state index is 13.5. The Morgan fingerprint density at radius 1 is 0.935 bits per heavy atom. The normalized spacial score (nSPS) is 17.3. The van der Waals surface area contributed by atoms with Gasteiger partial charge in [0.15, 0.2) is 0 Å². The number of imide groups is 1. The van der Waals surface area contributed by atoms with Gasteiger partial charge in [0.2, 0.25) is 0 Å². The SMILES string of the molecule is N#Cc1ccc2c(c1)N(c1ccccc1)C1NC(=O)N(c3ccc(Cl)cc3)C(=O)C1=C2. The highest BCUT2D eigenvalue weighted by Crippen LogP contribution is 2.40. The fourth-order valence-electron chi connectivity index (χ4n) is 3.89. The zero-order valence-electron chi connectivity index (χ0n) is 16.1. The summed E-state index contributed by atoms with van der Waals surface area (Å²) >= 11 is 5.96. The molecular weight excluding hydrogens is 412 g/mol. The number of carbonyl (C=O) groups is 2. The van der Waals surface area contributed by atoms with Crippen molar-refractivity contribution >= 4 is 46.7 Å². The van der Waals surface area contributed by atoms with Crippen LogP contribution in [0.4, 0.5) is 21.9 Å². The Hall–Kier alpha value is -4.08. The molecule has 0 radical (unpaired) electrons. The molecule has 6 nitrogen and oxygen atoms in total. The molecule has 31 heavy (non-hydrogen) atoms. The lowest BCUT2D eigenvalue weighted by atomic mass is 9.95. The van der Waals surface area contributed by atoms with Crippen LogP contribution in [0.25, 0.3) is 6.08 Å². The molecule has 3 aromatic carbocycles. The Bertz CT molecular complexity index is 1280. The minimum Gasteiger partial charge on any atom is -0.316 e. The molecule has 0 aromatic heterocycles. The predicted octanol–water partition coefficient (Wildman–Crippen LogP) is 4.83. The van der Waals surface area contributed by atoms with Crippen molar-refractivity contribution in [2.24, 2.45) is 0 Å². The molecule has 0 spiro atoms. The van der Waals surface area contributed by atoms with Gasteiger partial charge in [0, 0.05) is 10.7 Å². The molecule has 7 heteroatoms. The number of para-hydroxylation sites is 1. The van der Waals surface area contributed by atoms with E-state index in [1.807, 2.05) is 41.3 Å². The number of halogens is 1. The van der Waals surface area contributed by atoms with E-state index in [2.05, 4.69) is 11.4 Å². The van der Waals surface area contributed by atoms with Gasteiger partial charge in [0.1, 0.15) is 6.17 Å². The molecule has 5 rings (SSSR count). The van der Waals surface area contributed by atoms with Crippen molar-refractivity contribution in [3.05, 3.63) is 94.5 Å². The van der Waals surface area contributed by atoms with Gasteiger partial charge in [0.25, 0.3) is 5.91 Å². The number of amides is 3. The molecule has 3 aromatic rings. The highest BCUT2D eigenvalue weighted by atomic mass is 35.5. The molecule has 2 aliphatic rings. The Kier molecular flexibility index (Phi) is 4.46. The summed E-state index contributed by atoms with van der Waals surface area (Å²) in [5, 5.41) is 12.8. The average molecular weight is 427 g/mol. The van der Waals surface area contributed by atoms with Crippen molar-refractivity contribution < 1.29 is 9.59 Å². The summed E-state index contributed by atoms with van der Waals surface area (Å²) in [5.41, 5.74) is 3.68. The van der Waals surface area contributed by atoms with Gasteiger partial charge in [-0.25, -0.2) is 9.69 Å². The third-order valence-electron chi connectivity index (χ3n) is 5.32. The number of nitrogens with one attached hydrogen (secondary N) is 1. The number of nitrogens with zero attached hydrogens (tertiary/aromatic N) is 3. The number of hydrogen-bond acceptors (Lipinski definition) is 4. The lowest BCUT2D eigenvalue weighted by molar-refractivity contribution is -0.115. The van der Waals surface area contributed by atoms with Crippen molar-refractivity contribution in [2.45, 2.75) is 6.17 Å². The van der Waals surface area contributed by atoms with Crippen LogP contribution >= 0.6 is 11.6 Å². The van der Waals surface area contributed by atoms with Gasteiger partial charge < -0.3 is 10.2 Å². The summed E-state index contributed by atoms with van der Waals surface area (Å²) in [4.78, 5) is 29.4. The van der Waals surface area contributed by atoms with E-state index in [0.717, 1.165) is 21.8 Å². The van der Waals surface area contributed by atoms with Crippen molar-refractivity contribution in [1.29, 1.82) is 5.26 Å². The highest BCUT2D eigenvalue weighted by Gasteiger charge is 2.43. The first-order chi connectivity index (χ1) is 15.1. The Labute approximate surface area is 183 Å². The average Bonchev–Trinajstić information content (AvgIpc) is 2.79. The van der Waals surface area contributed by atoms with E-state index in [0.29, 0.717) is 21.8 Å². The maximum absolute atomic E-state index is 13.5. The predicted molar refractivity (Wildman–Crippen MR) is 119 cm³/mol. The van der Waals surface area contributed by atoms with Gasteiger partial charge >= 0.3 is 6.03 Å². The van der Waals surface area contributed by atoms with E-state index in [1.165, 1.54) is 0 Å². The van der Waals surface area contributed by atoms with Crippen LogP contribution in [0.2, 0.25) is 5.02 Å². The minimum atomic E-state index is -0.701. The zero-order valence-corrected chi connectivity index (χ0v) is 16.9.